The van der Waals surface area contributed by atoms with Crippen LogP contribution in [0.25, 0.3) is 0 Å². The van der Waals surface area contributed by atoms with Gasteiger partial charge in [-0.25, -0.2) is 0 Å². The Bertz CT molecular complexity index is 318. The predicted molar refractivity (Wildman–Crippen MR) is 62.0 cm³/mol. The molecule has 0 radical (unpaired) electrons. The first-order chi connectivity index (χ1) is 6.75. The molecule has 0 saturated heterocycles. The van der Waals surface area contributed by atoms with E-state index in [0.717, 1.165) is 17.5 Å². The Labute approximate surface area is 90.5 Å². The Morgan fingerprint density at radius 1 is 1.43 bits per heavy atom. The number of anilines is 1. The van der Waals surface area contributed by atoms with E-state index in [9.17, 15) is 0 Å². The van der Waals surface area contributed by atoms with E-state index < -0.39 is 0 Å². The Morgan fingerprint density at radius 3 is 2.86 bits per heavy atom. The average Bonchev–Trinajstić information content (AvgIpc) is 2.08. The Kier molecular flexibility index (Phi) is 2.97. The van der Waals surface area contributed by atoms with E-state index in [2.05, 4.69) is 18.3 Å². The molecule has 1 aliphatic carbocycles. The standard InChI is InChI=1S/C12H16ClN/c1-9-5-6-11(13)7-12(9)14-8-10-3-2-4-10/h5-7,10,14H,2-4,8H2,1H3. The van der Waals surface area contributed by atoms with Crippen LogP contribution in [-0.2, 0) is 0 Å². The number of nitrogens with one attached hydrogen (secondary N) is 1. The quantitative estimate of drug-likeness (QED) is 0.797. The largest absolute Gasteiger partial charge is 0.385 e. The van der Waals surface area contributed by atoms with Gasteiger partial charge in [-0.3, -0.25) is 0 Å². The summed E-state index contributed by atoms with van der Waals surface area (Å²) >= 11 is 5.94. The third kappa shape index (κ3) is 2.21. The first-order valence-corrected chi connectivity index (χ1v) is 5.63. The molecular weight excluding hydrogens is 194 g/mol. The molecule has 1 saturated carbocycles. The fraction of sp³-hybridized carbons (Fsp3) is 0.500. The molecule has 14 heavy (non-hydrogen) atoms. The van der Waals surface area contributed by atoms with Crippen LogP contribution in [0.15, 0.2) is 18.2 Å². The molecule has 1 aromatic rings. The Balaban J connectivity index is 1.96. The van der Waals surface area contributed by atoms with Gasteiger partial charge in [-0.05, 0) is 43.4 Å². The van der Waals surface area contributed by atoms with Crippen molar-refractivity contribution in [1.82, 2.24) is 0 Å². The SMILES string of the molecule is Cc1ccc(Cl)cc1NCC1CCC1. The van der Waals surface area contributed by atoms with Crippen LogP contribution in [-0.4, -0.2) is 6.54 Å². The van der Waals surface area contributed by atoms with E-state index in [4.69, 9.17) is 11.6 Å². The van der Waals surface area contributed by atoms with Gasteiger partial charge in [-0.2, -0.15) is 0 Å². The fourth-order valence-electron chi connectivity index (χ4n) is 1.74. The number of halogens is 1. The molecule has 2 rings (SSSR count). The molecule has 1 aliphatic rings. The van der Waals surface area contributed by atoms with E-state index in [1.54, 1.807) is 0 Å². The van der Waals surface area contributed by atoms with Gasteiger partial charge in [0.2, 0.25) is 0 Å². The van der Waals surface area contributed by atoms with Gasteiger partial charge in [0.25, 0.3) is 0 Å². The van der Waals surface area contributed by atoms with Crippen LogP contribution in [0.5, 0.6) is 0 Å². The van der Waals surface area contributed by atoms with E-state index in [1.165, 1.54) is 30.5 Å². The van der Waals surface area contributed by atoms with Gasteiger partial charge >= 0.3 is 0 Å². The fourth-order valence-corrected chi connectivity index (χ4v) is 1.91. The lowest BCUT2D eigenvalue weighted by Crippen LogP contribution is -2.21. The molecule has 76 valence electrons. The lowest BCUT2D eigenvalue weighted by molar-refractivity contribution is 0.333. The van der Waals surface area contributed by atoms with E-state index in [-0.39, 0.29) is 0 Å². The molecule has 1 fully saturated rings. The van der Waals surface area contributed by atoms with Crippen LogP contribution in [0.3, 0.4) is 0 Å². The second kappa shape index (κ2) is 4.22. The molecule has 0 amide bonds. The molecule has 1 N–H and O–H groups in total. The van der Waals surface area contributed by atoms with Crippen molar-refractivity contribution in [3.63, 3.8) is 0 Å². The maximum Gasteiger partial charge on any atom is 0.0426 e. The van der Waals surface area contributed by atoms with Gasteiger partial charge in [0.05, 0.1) is 0 Å². The van der Waals surface area contributed by atoms with Crippen molar-refractivity contribution >= 4 is 17.3 Å². The minimum Gasteiger partial charge on any atom is -0.385 e. The van der Waals surface area contributed by atoms with Crippen molar-refractivity contribution in [2.24, 2.45) is 5.92 Å². The maximum atomic E-state index is 5.94. The predicted octanol–water partition coefficient (Wildman–Crippen LogP) is 3.86. The molecule has 1 aromatic carbocycles. The Morgan fingerprint density at radius 2 is 2.21 bits per heavy atom. The smallest absolute Gasteiger partial charge is 0.0426 e. The van der Waals surface area contributed by atoms with Crippen LogP contribution < -0.4 is 5.32 Å². The third-order valence-corrected chi connectivity index (χ3v) is 3.24. The summed E-state index contributed by atoms with van der Waals surface area (Å²) in [4.78, 5) is 0. The minimum absolute atomic E-state index is 0.812. The molecular formula is C12H16ClN. The molecule has 2 heteroatoms. The number of benzene rings is 1. The first-order valence-electron chi connectivity index (χ1n) is 5.26. The maximum absolute atomic E-state index is 5.94. The Hall–Kier alpha value is -0.690. The molecule has 0 bridgehead atoms. The number of hydrogen-bond acceptors (Lipinski definition) is 1. The second-order valence-electron chi connectivity index (χ2n) is 4.14. The summed E-state index contributed by atoms with van der Waals surface area (Å²) in [5, 5.41) is 4.28. The van der Waals surface area contributed by atoms with Crippen LogP contribution in [0.4, 0.5) is 5.69 Å². The van der Waals surface area contributed by atoms with Crippen molar-refractivity contribution < 1.29 is 0 Å². The van der Waals surface area contributed by atoms with Crippen molar-refractivity contribution in [3.05, 3.63) is 28.8 Å². The molecule has 0 atom stereocenters. The van der Waals surface area contributed by atoms with Gasteiger partial charge < -0.3 is 5.32 Å². The van der Waals surface area contributed by atoms with Crippen molar-refractivity contribution in [1.29, 1.82) is 0 Å². The average molecular weight is 210 g/mol. The summed E-state index contributed by atoms with van der Waals surface area (Å²) in [7, 11) is 0. The second-order valence-corrected chi connectivity index (χ2v) is 4.57. The van der Waals surface area contributed by atoms with Crippen LogP contribution in [0.1, 0.15) is 24.8 Å². The zero-order chi connectivity index (χ0) is 9.97. The summed E-state index contributed by atoms with van der Waals surface area (Å²) in [5.41, 5.74) is 2.46. The number of hydrogen-bond donors (Lipinski definition) is 1. The highest BCUT2D eigenvalue weighted by atomic mass is 35.5. The van der Waals surface area contributed by atoms with Crippen LogP contribution in [0, 0.1) is 12.8 Å². The summed E-state index contributed by atoms with van der Waals surface area (Å²) in [6.45, 7) is 3.21. The van der Waals surface area contributed by atoms with Crippen molar-refractivity contribution in [2.75, 3.05) is 11.9 Å². The summed E-state index contributed by atoms with van der Waals surface area (Å²) in [6, 6.07) is 6.01. The van der Waals surface area contributed by atoms with Gasteiger partial charge in [0.15, 0.2) is 0 Å². The number of aryl methyl sites for hydroxylation is 1. The van der Waals surface area contributed by atoms with Crippen LogP contribution in [0.2, 0.25) is 5.02 Å². The highest BCUT2D eigenvalue weighted by Crippen LogP contribution is 2.27. The molecule has 0 spiro atoms. The van der Waals surface area contributed by atoms with Gasteiger partial charge in [-0.15, -0.1) is 0 Å². The molecule has 0 aromatic heterocycles. The zero-order valence-electron chi connectivity index (χ0n) is 8.52. The first kappa shape index (κ1) is 9.85. The summed E-state index contributed by atoms with van der Waals surface area (Å²) in [6.07, 6.45) is 4.17. The summed E-state index contributed by atoms with van der Waals surface area (Å²) in [5.74, 6) is 0.883. The lowest BCUT2D eigenvalue weighted by atomic mass is 9.85. The third-order valence-electron chi connectivity index (χ3n) is 3.01. The minimum atomic E-state index is 0.812. The normalized spacial score (nSPS) is 16.4. The molecule has 1 nitrogen and oxygen atoms in total. The van der Waals surface area contributed by atoms with E-state index >= 15 is 0 Å². The molecule has 0 aliphatic heterocycles. The number of rotatable bonds is 3. The van der Waals surface area contributed by atoms with Gasteiger partial charge in [0, 0.05) is 17.3 Å². The van der Waals surface area contributed by atoms with E-state index in [0.29, 0.717) is 0 Å². The zero-order valence-corrected chi connectivity index (χ0v) is 9.27. The lowest BCUT2D eigenvalue weighted by Gasteiger charge is -2.26. The van der Waals surface area contributed by atoms with E-state index in [1.807, 2.05) is 12.1 Å². The van der Waals surface area contributed by atoms with Gasteiger partial charge in [0.1, 0.15) is 0 Å². The monoisotopic (exact) mass is 209 g/mol. The molecule has 0 unspecified atom stereocenters. The summed E-state index contributed by atoms with van der Waals surface area (Å²) < 4.78 is 0. The van der Waals surface area contributed by atoms with Crippen molar-refractivity contribution in [3.8, 4) is 0 Å². The highest BCUT2D eigenvalue weighted by molar-refractivity contribution is 6.30. The van der Waals surface area contributed by atoms with Gasteiger partial charge in [-0.1, -0.05) is 24.1 Å². The topological polar surface area (TPSA) is 12.0 Å². The molecule has 0 heterocycles. The van der Waals surface area contributed by atoms with Crippen molar-refractivity contribution in [2.45, 2.75) is 26.2 Å². The van der Waals surface area contributed by atoms with Crippen LogP contribution >= 0.6 is 11.6 Å². The highest BCUT2D eigenvalue weighted by Gasteiger charge is 2.16.